The number of ether oxygens (including phenoxy) is 2. The number of aromatic nitrogens is 1. The van der Waals surface area contributed by atoms with Crippen LogP contribution < -0.4 is 14.9 Å². The molecule has 2 aromatic carbocycles. The maximum absolute atomic E-state index is 12.0. The van der Waals surface area contributed by atoms with Crippen molar-refractivity contribution in [3.63, 3.8) is 0 Å². The van der Waals surface area contributed by atoms with Crippen molar-refractivity contribution in [2.75, 3.05) is 13.7 Å². The second kappa shape index (κ2) is 9.10. The van der Waals surface area contributed by atoms with Gasteiger partial charge in [-0.05, 0) is 50.6 Å². The maximum atomic E-state index is 12.0. The van der Waals surface area contributed by atoms with E-state index in [1.807, 2.05) is 37.3 Å². The van der Waals surface area contributed by atoms with Crippen LogP contribution >= 0.6 is 0 Å². The molecule has 0 atom stereocenters. The molecule has 3 rings (SSSR count). The first kappa shape index (κ1) is 20.2. The number of methoxy groups -OCH3 is 1. The Morgan fingerprint density at radius 1 is 1.07 bits per heavy atom. The van der Waals surface area contributed by atoms with Gasteiger partial charge in [0.2, 0.25) is 0 Å². The minimum atomic E-state index is -0.347. The molecule has 0 saturated heterocycles. The zero-order chi connectivity index (χ0) is 20.8. The molecule has 29 heavy (non-hydrogen) atoms. The van der Waals surface area contributed by atoms with Crippen LogP contribution in [0.3, 0.4) is 0 Å². The number of nitrogens with zero attached hydrogens (tertiary/aromatic N) is 2. The van der Waals surface area contributed by atoms with Gasteiger partial charge >= 0.3 is 0 Å². The van der Waals surface area contributed by atoms with Crippen LogP contribution in [0.1, 0.15) is 22.5 Å². The molecule has 6 nitrogen and oxygen atoms in total. The number of carbonyl (C=O) groups is 1. The summed E-state index contributed by atoms with van der Waals surface area (Å²) in [6.45, 7) is 6.02. The van der Waals surface area contributed by atoms with E-state index in [2.05, 4.69) is 41.1 Å². The maximum Gasteiger partial charge on any atom is 0.277 e. The molecule has 3 aromatic rings. The van der Waals surface area contributed by atoms with Crippen LogP contribution in [0, 0.1) is 20.8 Å². The van der Waals surface area contributed by atoms with Gasteiger partial charge in [-0.15, -0.1) is 0 Å². The highest BCUT2D eigenvalue weighted by molar-refractivity contribution is 5.84. The molecule has 1 heterocycles. The highest BCUT2D eigenvalue weighted by atomic mass is 16.5. The summed E-state index contributed by atoms with van der Waals surface area (Å²) >= 11 is 0. The van der Waals surface area contributed by atoms with E-state index in [9.17, 15) is 4.79 Å². The zero-order valence-electron chi connectivity index (χ0n) is 17.1. The lowest BCUT2D eigenvalue weighted by Crippen LogP contribution is -2.24. The molecule has 1 N–H and O–H groups in total. The fourth-order valence-electron chi connectivity index (χ4n) is 3.19. The lowest BCUT2D eigenvalue weighted by Gasteiger charge is -2.12. The quantitative estimate of drug-likeness (QED) is 0.490. The van der Waals surface area contributed by atoms with Crippen molar-refractivity contribution in [3.8, 4) is 17.2 Å². The number of nitrogens with one attached hydrogen (secondary N) is 1. The van der Waals surface area contributed by atoms with Gasteiger partial charge in [-0.3, -0.25) is 4.79 Å². The van der Waals surface area contributed by atoms with Crippen LogP contribution in [0.2, 0.25) is 0 Å². The Balaban J connectivity index is 1.64. The topological polar surface area (TPSA) is 64.8 Å². The highest BCUT2D eigenvalue weighted by Crippen LogP contribution is 2.25. The Hall–Kier alpha value is -3.54. The number of carbonyl (C=O) groups excluding carboxylic acids is 1. The SMILES string of the molecule is COc1ccccc1OCC(=O)N/N=C/c1cc(C)n(-c2ccccc2C)c1C. The first-order chi connectivity index (χ1) is 14.0. The highest BCUT2D eigenvalue weighted by Gasteiger charge is 2.11. The van der Waals surface area contributed by atoms with Gasteiger partial charge < -0.3 is 14.0 Å². The molecule has 1 amide bonds. The number of amides is 1. The smallest absolute Gasteiger partial charge is 0.277 e. The monoisotopic (exact) mass is 391 g/mol. The van der Waals surface area contributed by atoms with Gasteiger partial charge in [0.1, 0.15) is 0 Å². The molecular weight excluding hydrogens is 366 g/mol. The van der Waals surface area contributed by atoms with Gasteiger partial charge in [0.15, 0.2) is 18.1 Å². The van der Waals surface area contributed by atoms with Crippen LogP contribution in [0.4, 0.5) is 0 Å². The molecule has 0 radical (unpaired) electrons. The molecule has 0 unspecified atom stereocenters. The average molecular weight is 391 g/mol. The average Bonchev–Trinajstić information content (AvgIpc) is 3.00. The van der Waals surface area contributed by atoms with Crippen molar-refractivity contribution in [2.45, 2.75) is 20.8 Å². The number of hydrogen-bond donors (Lipinski definition) is 1. The second-order valence-corrected chi connectivity index (χ2v) is 6.68. The summed E-state index contributed by atoms with van der Waals surface area (Å²) < 4.78 is 12.9. The van der Waals surface area contributed by atoms with Crippen LogP contribution in [0.25, 0.3) is 5.69 Å². The summed E-state index contributed by atoms with van der Waals surface area (Å²) in [6, 6.07) is 17.4. The number of hydrogen-bond acceptors (Lipinski definition) is 4. The lowest BCUT2D eigenvalue weighted by atomic mass is 10.2. The number of benzene rings is 2. The Labute approximate surface area is 170 Å². The molecule has 150 valence electrons. The van der Waals surface area contributed by atoms with Crippen molar-refractivity contribution in [3.05, 3.63) is 77.1 Å². The van der Waals surface area contributed by atoms with E-state index < -0.39 is 0 Å². The fraction of sp³-hybridized carbons (Fsp3) is 0.217. The van der Waals surface area contributed by atoms with E-state index in [4.69, 9.17) is 9.47 Å². The van der Waals surface area contributed by atoms with Gasteiger partial charge in [0.25, 0.3) is 5.91 Å². The molecular formula is C23H25N3O3. The van der Waals surface area contributed by atoms with Gasteiger partial charge in [-0.2, -0.15) is 5.10 Å². The van der Waals surface area contributed by atoms with E-state index >= 15 is 0 Å². The van der Waals surface area contributed by atoms with Gasteiger partial charge in [0, 0.05) is 22.6 Å². The standard InChI is InChI=1S/C23H25N3O3/c1-16-9-5-6-10-20(16)26-17(2)13-19(18(26)3)14-24-25-23(27)15-29-22-12-8-7-11-21(22)28-4/h5-14H,15H2,1-4H3,(H,25,27)/b24-14+. The molecule has 0 fully saturated rings. The summed E-state index contributed by atoms with van der Waals surface area (Å²) in [5.41, 5.74) is 7.93. The first-order valence-electron chi connectivity index (χ1n) is 9.34. The van der Waals surface area contributed by atoms with E-state index in [0.717, 1.165) is 22.6 Å². The predicted octanol–water partition coefficient (Wildman–Crippen LogP) is 3.94. The van der Waals surface area contributed by atoms with Gasteiger partial charge in [0.05, 0.1) is 13.3 Å². The number of aryl methyl sites for hydroxylation is 2. The number of para-hydroxylation sites is 3. The van der Waals surface area contributed by atoms with E-state index in [1.54, 1.807) is 25.5 Å². The van der Waals surface area contributed by atoms with Crippen LogP contribution in [-0.4, -0.2) is 30.4 Å². The Morgan fingerprint density at radius 3 is 2.48 bits per heavy atom. The van der Waals surface area contributed by atoms with Crippen LogP contribution in [-0.2, 0) is 4.79 Å². The summed E-state index contributed by atoms with van der Waals surface area (Å²) in [6.07, 6.45) is 1.65. The minimum Gasteiger partial charge on any atom is -0.493 e. The Morgan fingerprint density at radius 2 is 1.76 bits per heavy atom. The fourth-order valence-corrected chi connectivity index (χ4v) is 3.19. The lowest BCUT2D eigenvalue weighted by molar-refractivity contribution is -0.123. The molecule has 0 bridgehead atoms. The van der Waals surface area contributed by atoms with E-state index in [-0.39, 0.29) is 12.5 Å². The molecule has 0 aliphatic heterocycles. The van der Waals surface area contributed by atoms with Crippen molar-refractivity contribution in [2.24, 2.45) is 5.10 Å². The van der Waals surface area contributed by atoms with Gasteiger partial charge in [-0.25, -0.2) is 5.43 Å². The summed E-state index contributed by atoms with van der Waals surface area (Å²) in [4.78, 5) is 12.0. The summed E-state index contributed by atoms with van der Waals surface area (Å²) in [5, 5.41) is 4.08. The zero-order valence-corrected chi connectivity index (χ0v) is 17.1. The number of rotatable bonds is 7. The number of hydrazone groups is 1. The van der Waals surface area contributed by atoms with E-state index in [0.29, 0.717) is 11.5 Å². The third kappa shape index (κ3) is 4.66. The van der Waals surface area contributed by atoms with Crippen LogP contribution in [0.15, 0.2) is 59.7 Å². The summed E-state index contributed by atoms with van der Waals surface area (Å²) in [5.74, 6) is 0.739. The minimum absolute atomic E-state index is 0.153. The van der Waals surface area contributed by atoms with Crippen molar-refractivity contribution in [1.82, 2.24) is 9.99 Å². The van der Waals surface area contributed by atoms with Crippen molar-refractivity contribution in [1.29, 1.82) is 0 Å². The van der Waals surface area contributed by atoms with Gasteiger partial charge in [-0.1, -0.05) is 30.3 Å². The third-order valence-corrected chi connectivity index (χ3v) is 4.65. The molecule has 0 aliphatic rings. The molecule has 0 saturated carbocycles. The van der Waals surface area contributed by atoms with Crippen LogP contribution in [0.5, 0.6) is 11.5 Å². The molecule has 6 heteroatoms. The van der Waals surface area contributed by atoms with Crippen molar-refractivity contribution >= 4 is 12.1 Å². The Kier molecular flexibility index (Phi) is 6.34. The summed E-state index contributed by atoms with van der Waals surface area (Å²) in [7, 11) is 1.56. The molecule has 0 spiro atoms. The third-order valence-electron chi connectivity index (χ3n) is 4.65. The molecule has 0 aliphatic carbocycles. The largest absolute Gasteiger partial charge is 0.493 e. The Bertz CT molecular complexity index is 1040. The van der Waals surface area contributed by atoms with Crippen molar-refractivity contribution < 1.29 is 14.3 Å². The van der Waals surface area contributed by atoms with E-state index in [1.165, 1.54) is 5.56 Å². The second-order valence-electron chi connectivity index (χ2n) is 6.68. The normalized spacial score (nSPS) is 10.9. The first-order valence-corrected chi connectivity index (χ1v) is 9.34. The predicted molar refractivity (Wildman–Crippen MR) is 114 cm³/mol. The molecule has 1 aromatic heterocycles.